The van der Waals surface area contributed by atoms with Crippen molar-refractivity contribution in [2.45, 2.75) is 39.5 Å². The predicted octanol–water partition coefficient (Wildman–Crippen LogP) is 5.54. The van der Waals surface area contributed by atoms with Gasteiger partial charge in [0, 0.05) is 23.3 Å². The molecule has 0 aromatic heterocycles. The number of aryl methyl sites for hydroxylation is 1. The van der Waals surface area contributed by atoms with Crippen molar-refractivity contribution in [1.82, 2.24) is 5.32 Å². The number of aromatic carboxylic acids is 2. The molecule has 9 heteroatoms. The Morgan fingerprint density at radius 1 is 0.842 bits per heavy atom. The Kier molecular flexibility index (Phi) is 11.8. The van der Waals surface area contributed by atoms with Crippen LogP contribution >= 0.6 is 0 Å². The van der Waals surface area contributed by atoms with Crippen molar-refractivity contribution in [3.05, 3.63) is 110 Å². The topological polar surface area (TPSA) is 147 Å². The van der Waals surface area contributed by atoms with E-state index in [0.717, 1.165) is 5.56 Å². The number of hydrogen-bond donors (Lipinski definition) is 3. The quantitative estimate of drug-likeness (QED) is 0.218. The number of nitro benzene ring substituents is 1. The summed E-state index contributed by atoms with van der Waals surface area (Å²) in [6, 6.07) is 17.4. The van der Waals surface area contributed by atoms with Gasteiger partial charge in [0.1, 0.15) is 0 Å². The zero-order chi connectivity index (χ0) is 28.1. The average Bonchev–Trinajstić information content (AvgIpc) is 2.94. The van der Waals surface area contributed by atoms with Gasteiger partial charge in [-0.05, 0) is 74.7 Å². The van der Waals surface area contributed by atoms with Gasteiger partial charge in [-0.2, -0.15) is 0 Å². The summed E-state index contributed by atoms with van der Waals surface area (Å²) < 4.78 is 0. The van der Waals surface area contributed by atoms with Crippen molar-refractivity contribution in [1.29, 1.82) is 0 Å². The molecule has 3 aromatic rings. The molecule has 1 heterocycles. The van der Waals surface area contributed by atoms with Gasteiger partial charge in [-0.15, -0.1) is 0 Å². The number of nitrogens with one attached hydrogen (secondary N) is 1. The Bertz CT molecular complexity index is 1210. The lowest BCUT2D eigenvalue weighted by Gasteiger charge is -2.08. The lowest BCUT2D eigenvalue weighted by Crippen LogP contribution is -2.21. The third kappa shape index (κ3) is 8.94. The first-order valence-electron chi connectivity index (χ1n) is 12.3. The van der Waals surface area contributed by atoms with Gasteiger partial charge in [-0.1, -0.05) is 43.7 Å². The van der Waals surface area contributed by atoms with Crippen LogP contribution in [-0.2, 0) is 6.42 Å². The summed E-state index contributed by atoms with van der Waals surface area (Å²) in [6.45, 7) is 5.86. The first kappa shape index (κ1) is 29.9. The number of nitro groups is 1. The number of rotatable bonds is 6. The Labute approximate surface area is 221 Å². The maximum atomic E-state index is 12.0. The highest BCUT2D eigenvalue weighted by atomic mass is 16.6. The first-order chi connectivity index (χ1) is 18.1. The minimum absolute atomic E-state index is 0.0189. The normalized spacial score (nSPS) is 12.2. The molecule has 200 valence electrons. The monoisotopic (exact) mass is 520 g/mol. The lowest BCUT2D eigenvalue weighted by molar-refractivity contribution is -0.384. The molecule has 9 nitrogen and oxygen atoms in total. The second-order valence-corrected chi connectivity index (χ2v) is 8.59. The van der Waals surface area contributed by atoms with Crippen LogP contribution in [0, 0.1) is 17.0 Å². The van der Waals surface area contributed by atoms with Crippen LogP contribution in [0.4, 0.5) is 5.69 Å². The van der Waals surface area contributed by atoms with Crippen LogP contribution in [0.3, 0.4) is 0 Å². The smallest absolute Gasteiger partial charge is 0.335 e. The largest absolute Gasteiger partial charge is 0.478 e. The zero-order valence-corrected chi connectivity index (χ0v) is 21.5. The Balaban J connectivity index is 0.000000221. The average molecular weight is 521 g/mol. The Morgan fingerprint density at radius 2 is 1.34 bits per heavy atom. The van der Waals surface area contributed by atoms with E-state index in [1.54, 1.807) is 24.3 Å². The van der Waals surface area contributed by atoms with Crippen molar-refractivity contribution < 1.29 is 29.5 Å². The van der Waals surface area contributed by atoms with Crippen molar-refractivity contribution in [3.8, 4) is 0 Å². The fourth-order valence-corrected chi connectivity index (χ4v) is 3.71. The van der Waals surface area contributed by atoms with Gasteiger partial charge in [0.15, 0.2) is 5.78 Å². The van der Waals surface area contributed by atoms with Gasteiger partial charge in [-0.3, -0.25) is 14.9 Å². The molecule has 0 amide bonds. The Morgan fingerprint density at radius 3 is 1.71 bits per heavy atom. The van der Waals surface area contributed by atoms with Crippen LogP contribution in [0.15, 0.2) is 66.7 Å². The summed E-state index contributed by atoms with van der Waals surface area (Å²) in [4.78, 5) is 43.7. The molecule has 1 aliphatic heterocycles. The summed E-state index contributed by atoms with van der Waals surface area (Å²) in [5, 5.41) is 31.6. The van der Waals surface area contributed by atoms with Gasteiger partial charge in [-0.25, -0.2) is 9.59 Å². The minimum Gasteiger partial charge on any atom is -0.478 e. The van der Waals surface area contributed by atoms with Crippen LogP contribution in [0.1, 0.15) is 74.0 Å². The molecule has 38 heavy (non-hydrogen) atoms. The highest BCUT2D eigenvalue weighted by molar-refractivity contribution is 6.09. The summed E-state index contributed by atoms with van der Waals surface area (Å²) in [5.41, 5.74) is 2.14. The number of ketones is 1. The van der Waals surface area contributed by atoms with Crippen LogP contribution in [0.2, 0.25) is 0 Å². The molecule has 1 aliphatic rings. The fraction of sp³-hybridized carbons (Fsp3) is 0.276. The second kappa shape index (κ2) is 15.0. The van der Waals surface area contributed by atoms with Crippen LogP contribution in [-0.4, -0.2) is 45.9 Å². The molecule has 3 aromatic carbocycles. The van der Waals surface area contributed by atoms with Crippen molar-refractivity contribution >= 4 is 23.4 Å². The number of nitrogens with zero attached hydrogens (tertiary/aromatic N) is 1. The van der Waals surface area contributed by atoms with E-state index in [1.165, 1.54) is 75.7 Å². The third-order valence-corrected chi connectivity index (χ3v) is 5.92. The maximum Gasteiger partial charge on any atom is 0.335 e. The van der Waals surface area contributed by atoms with Gasteiger partial charge >= 0.3 is 11.9 Å². The number of carbonyl (C=O) groups is 3. The molecule has 0 saturated carbocycles. The number of piperidine rings is 1. The molecule has 0 radical (unpaired) electrons. The highest BCUT2D eigenvalue weighted by Gasteiger charge is 2.16. The van der Waals surface area contributed by atoms with Crippen molar-refractivity contribution in [2.24, 2.45) is 0 Å². The van der Waals surface area contributed by atoms with Gasteiger partial charge < -0.3 is 15.5 Å². The molecule has 4 rings (SSSR count). The molecule has 3 N–H and O–H groups in total. The third-order valence-electron chi connectivity index (χ3n) is 5.92. The summed E-state index contributed by atoms with van der Waals surface area (Å²) in [6.07, 6.45) is 4.83. The van der Waals surface area contributed by atoms with Gasteiger partial charge in [0.05, 0.1) is 16.1 Å². The molecule has 0 spiro atoms. The number of non-ortho nitro benzene ring substituents is 1. The standard InChI is InChI=1S/C13H9NO3.C11H12O4.C5H11N/c15-13(10-4-2-1-3-5-10)11-6-8-12(9-7-11)14(16)17;1-3-7-4-8(10(12)13)6(2)9(5-7)11(14)15;1-2-4-6-5-3-1/h1-9H;4-5H,3H2,1-2H3,(H,12,13)(H,14,15);6H,1-5H2. The van der Waals surface area contributed by atoms with E-state index in [9.17, 15) is 24.5 Å². The van der Waals surface area contributed by atoms with E-state index < -0.39 is 16.9 Å². The molecule has 0 atom stereocenters. The Hall–Kier alpha value is -4.37. The molecule has 0 aliphatic carbocycles. The van der Waals surface area contributed by atoms with E-state index in [1.807, 2.05) is 13.0 Å². The SMILES string of the molecule is C1CCNCC1.CCc1cc(C(=O)O)c(C)c(C(=O)O)c1.O=C(c1ccccc1)c1ccc([N+](=O)[O-])cc1. The number of carbonyl (C=O) groups excluding carboxylic acids is 1. The molecule has 0 bridgehead atoms. The first-order valence-corrected chi connectivity index (χ1v) is 12.3. The van der Waals surface area contributed by atoms with Gasteiger partial charge in [0.25, 0.3) is 5.69 Å². The predicted molar refractivity (Wildman–Crippen MR) is 144 cm³/mol. The van der Waals surface area contributed by atoms with Crippen LogP contribution in [0.25, 0.3) is 0 Å². The van der Waals surface area contributed by atoms with Gasteiger partial charge in [0.2, 0.25) is 0 Å². The van der Waals surface area contributed by atoms with E-state index >= 15 is 0 Å². The number of carboxylic acid groups (broad SMARTS) is 2. The van der Waals surface area contributed by atoms with Crippen LogP contribution < -0.4 is 5.32 Å². The molecular weight excluding hydrogens is 488 g/mol. The molecular formula is C29H32N2O7. The molecule has 0 unspecified atom stereocenters. The summed E-state index contributed by atoms with van der Waals surface area (Å²) in [7, 11) is 0. The zero-order valence-electron chi connectivity index (χ0n) is 21.5. The summed E-state index contributed by atoms with van der Waals surface area (Å²) in [5.74, 6) is -2.32. The van der Waals surface area contributed by atoms with Crippen LogP contribution in [0.5, 0.6) is 0 Å². The molecule has 1 saturated heterocycles. The fourth-order valence-electron chi connectivity index (χ4n) is 3.71. The maximum absolute atomic E-state index is 12.0. The number of carboxylic acids is 2. The van der Waals surface area contributed by atoms with E-state index in [4.69, 9.17) is 10.2 Å². The van der Waals surface area contributed by atoms with Crippen molar-refractivity contribution in [2.75, 3.05) is 13.1 Å². The highest BCUT2D eigenvalue weighted by Crippen LogP contribution is 2.18. The second-order valence-electron chi connectivity index (χ2n) is 8.59. The van der Waals surface area contributed by atoms with Crippen molar-refractivity contribution in [3.63, 3.8) is 0 Å². The number of benzene rings is 3. The van der Waals surface area contributed by atoms with E-state index in [2.05, 4.69) is 5.32 Å². The number of hydrogen-bond acceptors (Lipinski definition) is 6. The van der Waals surface area contributed by atoms with E-state index in [0.29, 0.717) is 23.1 Å². The lowest BCUT2D eigenvalue weighted by atomic mass is 9.97. The summed E-state index contributed by atoms with van der Waals surface area (Å²) >= 11 is 0. The molecule has 1 fully saturated rings. The minimum atomic E-state index is -1.09. The van der Waals surface area contributed by atoms with E-state index in [-0.39, 0.29) is 22.6 Å².